The van der Waals surface area contributed by atoms with Crippen LogP contribution in [0.1, 0.15) is 19.3 Å². The average molecular weight is 278 g/mol. The van der Waals surface area contributed by atoms with Crippen molar-refractivity contribution in [2.24, 2.45) is 11.8 Å². The highest BCUT2D eigenvalue weighted by Crippen LogP contribution is 2.22. The summed E-state index contributed by atoms with van der Waals surface area (Å²) in [5.74, 6) is -0.528. The lowest BCUT2D eigenvalue weighted by atomic mass is 9.99. The van der Waals surface area contributed by atoms with Crippen molar-refractivity contribution in [3.8, 4) is 0 Å². The molecule has 2 rings (SSSR count). The van der Waals surface area contributed by atoms with Gasteiger partial charge in [0.05, 0.1) is 5.75 Å². The van der Waals surface area contributed by atoms with Gasteiger partial charge in [0.15, 0.2) is 0 Å². The minimum Gasteiger partial charge on any atom is -0.342 e. The molecule has 0 aliphatic carbocycles. The van der Waals surface area contributed by atoms with Crippen LogP contribution in [0.15, 0.2) is 0 Å². The van der Waals surface area contributed by atoms with E-state index in [-0.39, 0.29) is 18.2 Å². The van der Waals surface area contributed by atoms with Gasteiger partial charge in [-0.05, 0) is 31.8 Å². The first-order valence-electron chi connectivity index (χ1n) is 6.35. The number of nitrogens with zero attached hydrogens (tertiary/aromatic N) is 1. The first-order valence-corrected chi connectivity index (χ1v) is 7.90. The predicted octanol–water partition coefficient (Wildman–Crippen LogP) is 0.134. The zero-order chi connectivity index (χ0) is 13.2. The molecular weight excluding hydrogens is 259 g/mol. The van der Waals surface area contributed by atoms with Crippen LogP contribution in [0, 0.1) is 11.8 Å². The molecule has 0 radical (unpaired) electrons. The van der Waals surface area contributed by atoms with Crippen LogP contribution in [0.3, 0.4) is 0 Å². The van der Waals surface area contributed by atoms with Crippen molar-refractivity contribution < 1.29 is 17.1 Å². The van der Waals surface area contributed by atoms with Gasteiger partial charge in [0, 0.05) is 25.4 Å². The molecule has 2 aliphatic rings. The first-order chi connectivity index (χ1) is 8.44. The van der Waals surface area contributed by atoms with Gasteiger partial charge < -0.3 is 10.2 Å². The molecule has 0 aromatic rings. The second-order valence-corrected chi connectivity index (χ2v) is 6.70. The summed E-state index contributed by atoms with van der Waals surface area (Å²) in [6, 6.07) is 0. The third-order valence-electron chi connectivity index (χ3n) is 3.61. The van der Waals surface area contributed by atoms with E-state index in [0.717, 1.165) is 25.9 Å². The molecule has 2 atom stereocenters. The number of hydrogen-bond donors (Lipinski definition) is 1. The van der Waals surface area contributed by atoms with Crippen molar-refractivity contribution in [3.05, 3.63) is 0 Å². The van der Waals surface area contributed by atoms with Gasteiger partial charge in [-0.3, -0.25) is 4.79 Å². The van der Waals surface area contributed by atoms with Crippen LogP contribution < -0.4 is 5.32 Å². The Balaban J connectivity index is 1.85. The minimum absolute atomic E-state index is 0.0470. The maximum Gasteiger partial charge on any atom is 0.302 e. The molecule has 2 aliphatic heterocycles. The lowest BCUT2D eigenvalue weighted by Gasteiger charge is -2.27. The van der Waals surface area contributed by atoms with Crippen molar-refractivity contribution >= 4 is 16.1 Å². The first kappa shape index (κ1) is 13.7. The molecule has 5 nitrogen and oxygen atoms in total. The standard InChI is InChI=1S/C11H19FN2O3S/c12-18(16,17)8-10-4-11(15)14(7-10)6-9-2-1-3-13-5-9/h9-10,13H,1-8H2. The Labute approximate surface area is 107 Å². The van der Waals surface area contributed by atoms with Gasteiger partial charge in [0.2, 0.25) is 5.91 Å². The predicted molar refractivity (Wildman–Crippen MR) is 65.2 cm³/mol. The summed E-state index contributed by atoms with van der Waals surface area (Å²) >= 11 is 0. The molecule has 1 N–H and O–H groups in total. The molecule has 0 aromatic heterocycles. The number of piperidine rings is 1. The van der Waals surface area contributed by atoms with E-state index in [2.05, 4.69) is 5.32 Å². The van der Waals surface area contributed by atoms with E-state index in [9.17, 15) is 17.1 Å². The molecule has 18 heavy (non-hydrogen) atoms. The minimum atomic E-state index is -4.48. The average Bonchev–Trinajstić information content (AvgIpc) is 2.58. The van der Waals surface area contributed by atoms with Crippen molar-refractivity contribution in [1.29, 1.82) is 0 Å². The van der Waals surface area contributed by atoms with Crippen molar-refractivity contribution in [3.63, 3.8) is 0 Å². The van der Waals surface area contributed by atoms with Gasteiger partial charge in [-0.15, -0.1) is 3.89 Å². The molecule has 2 saturated heterocycles. The van der Waals surface area contributed by atoms with Gasteiger partial charge in [0.1, 0.15) is 0 Å². The summed E-state index contributed by atoms with van der Waals surface area (Å²) in [6.07, 6.45) is 2.35. The van der Waals surface area contributed by atoms with Gasteiger partial charge in [-0.2, -0.15) is 8.42 Å². The lowest BCUT2D eigenvalue weighted by molar-refractivity contribution is -0.128. The zero-order valence-electron chi connectivity index (χ0n) is 10.3. The Hall–Kier alpha value is -0.690. The van der Waals surface area contributed by atoms with E-state index in [0.29, 0.717) is 19.0 Å². The third-order valence-corrected chi connectivity index (χ3v) is 4.48. The van der Waals surface area contributed by atoms with Crippen LogP contribution in [0.5, 0.6) is 0 Å². The third kappa shape index (κ3) is 3.91. The Morgan fingerprint density at radius 3 is 2.78 bits per heavy atom. The Morgan fingerprint density at radius 1 is 1.39 bits per heavy atom. The highest BCUT2D eigenvalue weighted by molar-refractivity contribution is 7.86. The largest absolute Gasteiger partial charge is 0.342 e. The molecule has 1 amide bonds. The van der Waals surface area contributed by atoms with Crippen molar-refractivity contribution in [2.75, 3.05) is 31.9 Å². The van der Waals surface area contributed by atoms with Gasteiger partial charge in [-0.25, -0.2) is 0 Å². The van der Waals surface area contributed by atoms with E-state index in [1.54, 1.807) is 4.90 Å². The molecule has 0 spiro atoms. The molecule has 0 aromatic carbocycles. The van der Waals surface area contributed by atoms with Gasteiger partial charge in [-0.1, -0.05) is 0 Å². The van der Waals surface area contributed by atoms with E-state index >= 15 is 0 Å². The van der Waals surface area contributed by atoms with E-state index in [4.69, 9.17) is 0 Å². The second-order valence-electron chi connectivity index (χ2n) is 5.29. The van der Waals surface area contributed by atoms with Crippen molar-refractivity contribution in [1.82, 2.24) is 10.2 Å². The summed E-state index contributed by atoms with van der Waals surface area (Å²) in [6.45, 7) is 2.95. The summed E-state index contributed by atoms with van der Waals surface area (Å²) < 4.78 is 33.8. The van der Waals surface area contributed by atoms with Crippen LogP contribution >= 0.6 is 0 Å². The monoisotopic (exact) mass is 278 g/mol. The highest BCUT2D eigenvalue weighted by atomic mass is 32.3. The topological polar surface area (TPSA) is 66.5 Å². The zero-order valence-corrected chi connectivity index (χ0v) is 11.1. The number of carbonyl (C=O) groups excluding carboxylic acids is 1. The molecule has 104 valence electrons. The number of rotatable bonds is 4. The number of hydrogen-bond acceptors (Lipinski definition) is 4. The SMILES string of the molecule is O=C1CC(CS(=O)(=O)F)CN1CC1CCCNC1. The van der Waals surface area contributed by atoms with Crippen LogP contribution in [0.2, 0.25) is 0 Å². The fourth-order valence-corrected chi connectivity index (χ4v) is 3.60. The fraction of sp³-hybridized carbons (Fsp3) is 0.909. The van der Waals surface area contributed by atoms with Crippen LogP contribution in [-0.4, -0.2) is 51.2 Å². The molecule has 2 fully saturated rings. The number of nitrogens with one attached hydrogen (secondary N) is 1. The van der Waals surface area contributed by atoms with Crippen LogP contribution in [-0.2, 0) is 15.0 Å². The van der Waals surface area contributed by atoms with E-state index in [1.165, 1.54) is 0 Å². The summed E-state index contributed by atoms with van der Waals surface area (Å²) in [5, 5.41) is 3.28. The van der Waals surface area contributed by atoms with Gasteiger partial charge in [0.25, 0.3) is 0 Å². The van der Waals surface area contributed by atoms with Crippen LogP contribution in [0.4, 0.5) is 3.89 Å². The Morgan fingerprint density at radius 2 is 2.17 bits per heavy atom. The molecule has 7 heteroatoms. The molecule has 0 bridgehead atoms. The van der Waals surface area contributed by atoms with Crippen LogP contribution in [0.25, 0.3) is 0 Å². The maximum atomic E-state index is 12.6. The molecule has 2 heterocycles. The molecule has 0 saturated carbocycles. The second kappa shape index (κ2) is 5.52. The number of halogens is 1. The Kier molecular flexibility index (Phi) is 4.21. The lowest BCUT2D eigenvalue weighted by Crippen LogP contribution is -2.39. The number of likely N-dealkylation sites (tertiary alicyclic amines) is 1. The summed E-state index contributed by atoms with van der Waals surface area (Å²) in [4.78, 5) is 13.4. The molecule has 2 unspecified atom stereocenters. The smallest absolute Gasteiger partial charge is 0.302 e. The Bertz CT molecular complexity index is 407. The van der Waals surface area contributed by atoms with Gasteiger partial charge >= 0.3 is 10.2 Å². The highest BCUT2D eigenvalue weighted by Gasteiger charge is 2.33. The summed E-state index contributed by atoms with van der Waals surface area (Å²) in [7, 11) is -4.48. The number of amides is 1. The fourth-order valence-electron chi connectivity index (χ4n) is 2.82. The normalized spacial score (nSPS) is 29.8. The maximum absolute atomic E-state index is 12.6. The van der Waals surface area contributed by atoms with E-state index < -0.39 is 16.0 Å². The quantitative estimate of drug-likeness (QED) is 0.743. The van der Waals surface area contributed by atoms with Crippen molar-refractivity contribution in [2.45, 2.75) is 19.3 Å². The summed E-state index contributed by atoms with van der Waals surface area (Å²) in [5.41, 5.74) is 0. The number of carbonyl (C=O) groups is 1. The molecular formula is C11H19FN2O3S. The van der Waals surface area contributed by atoms with E-state index in [1.807, 2.05) is 0 Å².